The van der Waals surface area contributed by atoms with Crippen LogP contribution in [0.15, 0.2) is 30.5 Å². The highest BCUT2D eigenvalue weighted by atomic mass is 35.5. The summed E-state index contributed by atoms with van der Waals surface area (Å²) in [6.45, 7) is 0. The summed E-state index contributed by atoms with van der Waals surface area (Å²) >= 11 is 6.88. The van der Waals surface area contributed by atoms with Crippen molar-refractivity contribution in [2.45, 2.75) is 12.8 Å². The smallest absolute Gasteiger partial charge is 0.349 e. The first kappa shape index (κ1) is 15.5. The van der Waals surface area contributed by atoms with Gasteiger partial charge in [-0.25, -0.2) is 9.78 Å². The Morgan fingerprint density at radius 3 is 2.71 bits per heavy atom. The summed E-state index contributed by atoms with van der Waals surface area (Å²) in [7, 11) is 1.30. The highest BCUT2D eigenvalue weighted by molar-refractivity contribution is 7.17. The van der Waals surface area contributed by atoms with E-state index in [1.165, 1.54) is 13.3 Å². The van der Waals surface area contributed by atoms with E-state index in [1.807, 2.05) is 12.1 Å². The summed E-state index contributed by atoms with van der Waals surface area (Å²) in [5, 5.41) is 3.71. The van der Waals surface area contributed by atoms with E-state index in [0.29, 0.717) is 27.9 Å². The van der Waals surface area contributed by atoms with Gasteiger partial charge in [-0.15, -0.1) is 0 Å². The number of aryl methyl sites for hydroxylation is 1. The number of ether oxygens (including phenoxy) is 1. The molecule has 0 unspecified atom stereocenters. The molecule has 0 fully saturated rings. The number of aromatic nitrogens is 1. The van der Waals surface area contributed by atoms with Gasteiger partial charge in [0.15, 0.2) is 5.13 Å². The van der Waals surface area contributed by atoms with E-state index in [1.54, 1.807) is 12.1 Å². The number of nitrogens with zero attached hydrogens (tertiary/aromatic N) is 1. The third kappa shape index (κ3) is 4.54. The summed E-state index contributed by atoms with van der Waals surface area (Å²) in [5.41, 5.74) is 1.03. The summed E-state index contributed by atoms with van der Waals surface area (Å²) < 4.78 is 4.58. The van der Waals surface area contributed by atoms with E-state index >= 15 is 0 Å². The van der Waals surface area contributed by atoms with E-state index in [4.69, 9.17) is 11.6 Å². The maximum absolute atomic E-state index is 11.8. The Bertz CT molecular complexity index is 640. The molecular weight excluding hydrogens is 312 g/mol. The molecular formula is C14H13ClN2O3S. The molecule has 1 N–H and O–H groups in total. The lowest BCUT2D eigenvalue weighted by Crippen LogP contribution is -2.11. The largest absolute Gasteiger partial charge is 0.465 e. The first-order valence-electron chi connectivity index (χ1n) is 6.17. The molecule has 7 heteroatoms. The molecule has 0 aliphatic rings. The summed E-state index contributed by atoms with van der Waals surface area (Å²) in [6, 6.07) is 7.35. The zero-order valence-electron chi connectivity index (χ0n) is 11.3. The first-order valence-corrected chi connectivity index (χ1v) is 7.36. The van der Waals surface area contributed by atoms with Gasteiger partial charge < -0.3 is 10.1 Å². The van der Waals surface area contributed by atoms with E-state index in [2.05, 4.69) is 15.0 Å². The normalized spacial score (nSPS) is 10.2. The number of hydrogen-bond donors (Lipinski definition) is 1. The standard InChI is InChI=1S/C14H13ClN2O3S/c1-20-13(19)11-8-16-14(21-11)17-12(18)7-4-9-2-5-10(15)6-3-9/h2-3,5-6,8H,4,7H2,1H3,(H,16,17,18). The fourth-order valence-electron chi connectivity index (χ4n) is 1.62. The van der Waals surface area contributed by atoms with Crippen molar-refractivity contribution in [3.8, 4) is 0 Å². The molecule has 0 aliphatic carbocycles. The maximum Gasteiger partial charge on any atom is 0.349 e. The second kappa shape index (κ2) is 7.19. The van der Waals surface area contributed by atoms with Crippen molar-refractivity contribution >= 4 is 39.9 Å². The Morgan fingerprint density at radius 1 is 1.33 bits per heavy atom. The van der Waals surface area contributed by atoms with Crippen LogP contribution in [0.3, 0.4) is 0 Å². The Balaban J connectivity index is 1.85. The molecule has 1 aromatic carbocycles. The SMILES string of the molecule is COC(=O)c1cnc(NC(=O)CCc2ccc(Cl)cc2)s1. The van der Waals surface area contributed by atoms with Crippen molar-refractivity contribution < 1.29 is 14.3 Å². The summed E-state index contributed by atoms with van der Waals surface area (Å²) in [4.78, 5) is 27.4. The predicted octanol–water partition coefficient (Wildman–Crippen LogP) is 3.15. The van der Waals surface area contributed by atoms with Crippen LogP contribution in [0.2, 0.25) is 5.02 Å². The molecule has 5 nitrogen and oxygen atoms in total. The van der Waals surface area contributed by atoms with Crippen LogP contribution < -0.4 is 5.32 Å². The number of nitrogens with one attached hydrogen (secondary N) is 1. The van der Waals surface area contributed by atoms with Crippen LogP contribution in [0.5, 0.6) is 0 Å². The third-order valence-corrected chi connectivity index (χ3v) is 3.84. The average molecular weight is 325 g/mol. The Kier molecular flexibility index (Phi) is 5.30. The number of halogens is 1. The van der Waals surface area contributed by atoms with Gasteiger partial charge in [0, 0.05) is 11.4 Å². The molecule has 110 valence electrons. The molecule has 1 amide bonds. The van der Waals surface area contributed by atoms with Crippen LogP contribution in [0, 0.1) is 0 Å². The van der Waals surface area contributed by atoms with Gasteiger partial charge in [-0.05, 0) is 24.1 Å². The molecule has 2 aromatic rings. The molecule has 0 atom stereocenters. The number of benzene rings is 1. The third-order valence-electron chi connectivity index (χ3n) is 2.69. The fraction of sp³-hybridized carbons (Fsp3) is 0.214. The van der Waals surface area contributed by atoms with Crippen LogP contribution in [-0.2, 0) is 16.0 Å². The van der Waals surface area contributed by atoms with Gasteiger partial charge in [-0.3, -0.25) is 4.79 Å². The minimum atomic E-state index is -0.464. The molecule has 2 rings (SSSR count). The molecule has 1 aromatic heterocycles. The summed E-state index contributed by atoms with van der Waals surface area (Å²) in [5.74, 6) is -0.620. The predicted molar refractivity (Wildman–Crippen MR) is 81.9 cm³/mol. The second-order valence-corrected chi connectivity index (χ2v) is 5.66. The van der Waals surface area contributed by atoms with Crippen LogP contribution in [0.1, 0.15) is 21.7 Å². The lowest BCUT2D eigenvalue weighted by Gasteiger charge is -2.02. The van der Waals surface area contributed by atoms with Crippen molar-refractivity contribution in [2.24, 2.45) is 0 Å². The fourth-order valence-corrected chi connectivity index (χ4v) is 2.49. The molecule has 0 aliphatic heterocycles. The van der Waals surface area contributed by atoms with Gasteiger partial charge >= 0.3 is 5.97 Å². The van der Waals surface area contributed by atoms with E-state index in [0.717, 1.165) is 16.9 Å². The lowest BCUT2D eigenvalue weighted by molar-refractivity contribution is -0.116. The van der Waals surface area contributed by atoms with Crippen molar-refractivity contribution in [3.05, 3.63) is 45.9 Å². The van der Waals surface area contributed by atoms with Crippen LogP contribution >= 0.6 is 22.9 Å². The van der Waals surface area contributed by atoms with E-state index in [-0.39, 0.29) is 5.91 Å². The van der Waals surface area contributed by atoms with Gasteiger partial charge in [0.1, 0.15) is 4.88 Å². The van der Waals surface area contributed by atoms with Crippen LogP contribution in [0.4, 0.5) is 5.13 Å². The zero-order valence-corrected chi connectivity index (χ0v) is 12.8. The molecule has 0 radical (unpaired) electrons. The molecule has 1 heterocycles. The lowest BCUT2D eigenvalue weighted by atomic mass is 10.1. The van der Waals surface area contributed by atoms with Crippen LogP contribution in [0.25, 0.3) is 0 Å². The molecule has 21 heavy (non-hydrogen) atoms. The van der Waals surface area contributed by atoms with Crippen LogP contribution in [-0.4, -0.2) is 24.0 Å². The summed E-state index contributed by atoms with van der Waals surface area (Å²) in [6.07, 6.45) is 2.32. The second-order valence-electron chi connectivity index (χ2n) is 4.20. The van der Waals surface area contributed by atoms with E-state index < -0.39 is 5.97 Å². The highest BCUT2D eigenvalue weighted by Crippen LogP contribution is 2.19. The van der Waals surface area contributed by atoms with Crippen molar-refractivity contribution in [1.29, 1.82) is 0 Å². The number of amides is 1. The highest BCUT2D eigenvalue weighted by Gasteiger charge is 2.12. The number of esters is 1. The topological polar surface area (TPSA) is 68.3 Å². The number of hydrogen-bond acceptors (Lipinski definition) is 5. The van der Waals surface area contributed by atoms with Gasteiger partial charge in [-0.2, -0.15) is 0 Å². The number of carbonyl (C=O) groups excluding carboxylic acids is 2. The monoisotopic (exact) mass is 324 g/mol. The van der Waals surface area contributed by atoms with Crippen molar-refractivity contribution in [2.75, 3.05) is 12.4 Å². The molecule has 0 saturated heterocycles. The zero-order chi connectivity index (χ0) is 15.2. The molecule has 0 spiro atoms. The number of rotatable bonds is 5. The number of thiazole rings is 1. The van der Waals surface area contributed by atoms with Gasteiger partial charge in [0.05, 0.1) is 13.3 Å². The molecule has 0 bridgehead atoms. The Hall–Kier alpha value is -1.92. The number of carbonyl (C=O) groups is 2. The van der Waals surface area contributed by atoms with E-state index in [9.17, 15) is 9.59 Å². The minimum absolute atomic E-state index is 0.157. The maximum atomic E-state index is 11.8. The quantitative estimate of drug-likeness (QED) is 0.858. The molecule has 0 saturated carbocycles. The van der Waals surface area contributed by atoms with Crippen molar-refractivity contribution in [1.82, 2.24) is 4.98 Å². The Labute approximate surface area is 130 Å². The average Bonchev–Trinajstić information content (AvgIpc) is 2.94. The van der Waals surface area contributed by atoms with Gasteiger partial charge in [0.2, 0.25) is 5.91 Å². The van der Waals surface area contributed by atoms with Gasteiger partial charge in [-0.1, -0.05) is 35.1 Å². The van der Waals surface area contributed by atoms with Gasteiger partial charge in [0.25, 0.3) is 0 Å². The Morgan fingerprint density at radius 2 is 2.05 bits per heavy atom. The number of anilines is 1. The number of methoxy groups -OCH3 is 1. The van der Waals surface area contributed by atoms with Crippen molar-refractivity contribution in [3.63, 3.8) is 0 Å². The first-order chi connectivity index (χ1) is 10.1. The minimum Gasteiger partial charge on any atom is -0.465 e.